The topological polar surface area (TPSA) is 142 Å². The summed E-state index contributed by atoms with van der Waals surface area (Å²) in [6.45, 7) is 9.78. The fourth-order valence-electron chi connectivity index (χ4n) is 1.84. The van der Waals surface area contributed by atoms with Crippen molar-refractivity contribution in [2.45, 2.75) is 50.2 Å². The van der Waals surface area contributed by atoms with Crippen LogP contribution in [0.5, 0.6) is 17.2 Å². The van der Waals surface area contributed by atoms with E-state index in [-0.39, 0.29) is 42.4 Å². The number of carbonyl (C=O) groups is 4. The Morgan fingerprint density at radius 3 is 1.51 bits per heavy atom. The molecule has 0 saturated carbocycles. The maximum absolute atomic E-state index is 11.6. The van der Waals surface area contributed by atoms with Gasteiger partial charge in [-0.05, 0) is 80.0 Å². The number of nitrogens with one attached hydrogen (secondary N) is 2. The van der Waals surface area contributed by atoms with Crippen LogP contribution in [0.1, 0.15) is 41.5 Å². The van der Waals surface area contributed by atoms with Crippen LogP contribution >= 0.6 is 47.8 Å². The maximum Gasteiger partial charge on any atom is 0.327 e. The van der Waals surface area contributed by atoms with Crippen LogP contribution in [-0.4, -0.2) is 49.8 Å². The third kappa shape index (κ3) is 16.9. The summed E-state index contributed by atoms with van der Waals surface area (Å²) < 4.78 is 3.98. The quantitative estimate of drug-likeness (QED) is 0.0614. The lowest BCUT2D eigenvalue weighted by molar-refractivity contribution is -0.136. The first kappa shape index (κ1) is 36.8. The number of esters is 1. The van der Waals surface area contributed by atoms with Crippen LogP contribution < -0.4 is 15.4 Å². The zero-order valence-corrected chi connectivity index (χ0v) is 25.9. The standard InChI is InChI=1S/C12H14BrNO3.C8H9NO3.C4H6Br2O.B/c1-8(15)14-9-4-6-10(7-5-9)17-11(16)12(2,3)13;1-5(10)9-6-2-3-7(11)8(12)4-6;1-4(2,6)3(5)7;/h4-7H,1-3H3,(H,14,15);2-4,11-12H,1H3,(H,9,10);1-2H3;. The van der Waals surface area contributed by atoms with Crippen molar-refractivity contribution in [2.24, 2.45) is 0 Å². The number of benzene rings is 2. The Bertz CT molecular complexity index is 1070. The van der Waals surface area contributed by atoms with Gasteiger partial charge in [0, 0.05) is 39.7 Å². The van der Waals surface area contributed by atoms with E-state index < -0.39 is 8.65 Å². The van der Waals surface area contributed by atoms with Gasteiger partial charge in [0.15, 0.2) is 11.5 Å². The number of phenolic OH excluding ortho intramolecular Hbond substituents is 2. The van der Waals surface area contributed by atoms with Gasteiger partial charge < -0.3 is 25.6 Å². The molecule has 37 heavy (non-hydrogen) atoms. The molecule has 0 spiro atoms. The SMILES string of the molecule is CC(=O)Nc1ccc(O)c(O)c1.CC(=O)Nc1ccc(OC(=O)C(C)(C)Br)cc1.CC(C)(Br)C(=O)Br.[B]. The minimum Gasteiger partial charge on any atom is -0.504 e. The van der Waals surface area contributed by atoms with Gasteiger partial charge in [-0.15, -0.1) is 0 Å². The zero-order chi connectivity index (χ0) is 28.3. The van der Waals surface area contributed by atoms with Gasteiger partial charge in [-0.2, -0.15) is 0 Å². The highest BCUT2D eigenvalue weighted by atomic mass is 79.9. The molecule has 3 radical (unpaired) electrons. The first-order chi connectivity index (χ1) is 16.3. The van der Waals surface area contributed by atoms with Gasteiger partial charge >= 0.3 is 5.97 Å². The highest BCUT2D eigenvalue weighted by Crippen LogP contribution is 2.27. The van der Waals surface area contributed by atoms with Gasteiger partial charge in [0.2, 0.25) is 16.5 Å². The lowest BCUT2D eigenvalue weighted by Gasteiger charge is -2.14. The van der Waals surface area contributed by atoms with Gasteiger partial charge in [0.25, 0.3) is 0 Å². The molecule has 0 aliphatic rings. The molecular formula is C24H29BBr3N2O7. The van der Waals surface area contributed by atoms with Crippen molar-refractivity contribution in [3.8, 4) is 17.2 Å². The summed E-state index contributed by atoms with van der Waals surface area (Å²) in [6.07, 6.45) is 0. The Morgan fingerprint density at radius 2 is 1.16 bits per heavy atom. The number of alkyl halides is 2. The van der Waals surface area contributed by atoms with E-state index in [9.17, 15) is 19.2 Å². The average molecular weight is 708 g/mol. The van der Waals surface area contributed by atoms with Crippen molar-refractivity contribution >= 4 is 90.1 Å². The highest BCUT2D eigenvalue weighted by molar-refractivity contribution is 9.20. The van der Waals surface area contributed by atoms with Gasteiger partial charge in [0.05, 0.1) is 4.32 Å². The molecule has 2 rings (SSSR count). The molecule has 2 amide bonds. The number of hydrogen-bond acceptors (Lipinski definition) is 7. The van der Waals surface area contributed by atoms with Crippen molar-refractivity contribution in [1.82, 2.24) is 0 Å². The number of rotatable bonds is 5. The molecule has 13 heteroatoms. The molecule has 0 aliphatic carbocycles. The van der Waals surface area contributed by atoms with Gasteiger partial charge in [-0.3, -0.25) is 19.2 Å². The summed E-state index contributed by atoms with van der Waals surface area (Å²) in [5.74, 6) is -0.747. The van der Waals surface area contributed by atoms with Crippen LogP contribution in [0.3, 0.4) is 0 Å². The number of halogens is 3. The summed E-state index contributed by atoms with van der Waals surface area (Å²) in [5, 5.41) is 23.0. The van der Waals surface area contributed by atoms with Crippen molar-refractivity contribution in [3.63, 3.8) is 0 Å². The Balaban J connectivity index is 0. The molecule has 4 N–H and O–H groups in total. The Kier molecular flexibility index (Phi) is 16.4. The summed E-state index contributed by atoms with van der Waals surface area (Å²) >= 11 is 9.17. The predicted octanol–water partition coefficient (Wildman–Crippen LogP) is 5.48. The number of amides is 2. The van der Waals surface area contributed by atoms with Crippen LogP contribution in [0.25, 0.3) is 0 Å². The largest absolute Gasteiger partial charge is 0.504 e. The van der Waals surface area contributed by atoms with Crippen molar-refractivity contribution in [3.05, 3.63) is 42.5 Å². The molecule has 0 fully saturated rings. The minimum atomic E-state index is -0.719. The third-order valence-corrected chi connectivity index (χ3v) is 5.84. The number of phenols is 2. The fourth-order valence-corrected chi connectivity index (χ4v) is 1.92. The lowest BCUT2D eigenvalue weighted by Crippen LogP contribution is -2.29. The molecule has 0 aromatic heterocycles. The number of carbonyl (C=O) groups excluding carboxylic acids is 4. The van der Waals surface area contributed by atoms with Crippen LogP contribution in [0.2, 0.25) is 0 Å². The van der Waals surface area contributed by atoms with Gasteiger partial charge in [-0.25, -0.2) is 0 Å². The van der Waals surface area contributed by atoms with Crippen molar-refractivity contribution in [1.29, 1.82) is 0 Å². The van der Waals surface area contributed by atoms with Crippen LogP contribution in [0, 0.1) is 0 Å². The van der Waals surface area contributed by atoms with E-state index in [0.29, 0.717) is 17.1 Å². The molecule has 0 saturated heterocycles. The normalized spacial score (nSPS) is 10.2. The monoisotopic (exact) mass is 705 g/mol. The lowest BCUT2D eigenvalue weighted by atomic mass is 10.2. The molecule has 9 nitrogen and oxygen atoms in total. The Morgan fingerprint density at radius 1 is 0.757 bits per heavy atom. The number of aromatic hydroxyl groups is 2. The van der Waals surface area contributed by atoms with Crippen molar-refractivity contribution < 1.29 is 34.1 Å². The van der Waals surface area contributed by atoms with E-state index in [1.165, 1.54) is 32.0 Å². The second-order valence-corrected chi connectivity index (χ2v) is 12.9. The summed E-state index contributed by atoms with van der Waals surface area (Å²) in [4.78, 5) is 43.3. The first-order valence-electron chi connectivity index (χ1n) is 10.3. The zero-order valence-electron chi connectivity index (χ0n) is 21.2. The smallest absolute Gasteiger partial charge is 0.327 e. The molecule has 2 aromatic carbocycles. The van der Waals surface area contributed by atoms with Crippen LogP contribution in [0.15, 0.2) is 42.5 Å². The minimum absolute atomic E-state index is 0. The Labute approximate surface area is 243 Å². The number of anilines is 2. The maximum atomic E-state index is 11.6. The second-order valence-electron chi connectivity index (χ2n) is 8.20. The molecular weight excluding hydrogens is 679 g/mol. The molecule has 2 aromatic rings. The van der Waals surface area contributed by atoms with Gasteiger partial charge in [0.1, 0.15) is 10.1 Å². The number of ether oxygens (including phenoxy) is 1. The van der Waals surface area contributed by atoms with E-state index in [2.05, 4.69) is 58.4 Å². The van der Waals surface area contributed by atoms with Crippen molar-refractivity contribution in [2.75, 3.05) is 10.6 Å². The second kappa shape index (κ2) is 16.5. The molecule has 201 valence electrons. The van der Waals surface area contributed by atoms with E-state index in [0.717, 1.165) is 0 Å². The van der Waals surface area contributed by atoms with Crippen LogP contribution in [-0.2, 0) is 19.2 Å². The number of hydrogen-bond donors (Lipinski definition) is 4. The van der Waals surface area contributed by atoms with Gasteiger partial charge in [-0.1, -0.05) is 31.9 Å². The van der Waals surface area contributed by atoms with E-state index in [4.69, 9.17) is 14.9 Å². The first-order valence-corrected chi connectivity index (χ1v) is 12.7. The van der Waals surface area contributed by atoms with E-state index in [1.807, 2.05) is 0 Å². The predicted molar refractivity (Wildman–Crippen MR) is 156 cm³/mol. The van der Waals surface area contributed by atoms with Crippen LogP contribution in [0.4, 0.5) is 11.4 Å². The Hall–Kier alpha value is -2.38. The van der Waals surface area contributed by atoms with E-state index in [1.54, 1.807) is 52.0 Å². The van der Waals surface area contributed by atoms with E-state index >= 15 is 0 Å². The summed E-state index contributed by atoms with van der Waals surface area (Å²) in [6, 6.07) is 10.7. The molecule has 0 bridgehead atoms. The average Bonchev–Trinajstić information content (AvgIpc) is 2.71. The third-order valence-electron chi connectivity index (χ3n) is 3.63. The highest BCUT2D eigenvalue weighted by Gasteiger charge is 2.26. The molecule has 0 heterocycles. The molecule has 0 aliphatic heterocycles. The summed E-state index contributed by atoms with van der Waals surface area (Å²) in [7, 11) is 0. The summed E-state index contributed by atoms with van der Waals surface area (Å²) in [5.41, 5.74) is 1.12. The fraction of sp³-hybridized carbons (Fsp3) is 0.333. The molecule has 0 atom stereocenters. The molecule has 0 unspecified atom stereocenters.